The summed E-state index contributed by atoms with van der Waals surface area (Å²) in [4.78, 5) is 57.0. The van der Waals surface area contributed by atoms with Crippen LogP contribution in [0, 0.1) is 5.82 Å². The summed E-state index contributed by atoms with van der Waals surface area (Å²) in [5.74, 6) is -2.65. The fraction of sp³-hybridized carbons (Fsp3) is 0.250. The summed E-state index contributed by atoms with van der Waals surface area (Å²) in [7, 11) is 1.76. The molecule has 0 bridgehead atoms. The zero-order chi connectivity index (χ0) is 31.8. The maximum Gasteiger partial charge on any atom is 0.335 e. The van der Waals surface area contributed by atoms with Gasteiger partial charge >= 0.3 is 5.97 Å². The van der Waals surface area contributed by atoms with E-state index < -0.39 is 23.7 Å². The largest absolute Gasteiger partial charge is 0.478 e. The van der Waals surface area contributed by atoms with E-state index in [0.29, 0.717) is 30.6 Å². The lowest BCUT2D eigenvalue weighted by molar-refractivity contribution is -0.129. The first-order valence-electron chi connectivity index (χ1n) is 14.3. The third kappa shape index (κ3) is 5.76. The van der Waals surface area contributed by atoms with Crippen LogP contribution in [0.2, 0.25) is 5.02 Å². The second-order valence-corrected chi connectivity index (χ2v) is 11.4. The number of fused-ring (bicyclic) bond motifs is 1. The number of amides is 2. The number of benzene rings is 3. The Morgan fingerprint density at radius 3 is 2.47 bits per heavy atom. The smallest absolute Gasteiger partial charge is 0.335 e. The Bertz CT molecular complexity index is 1830. The molecule has 0 radical (unpaired) electrons. The molecule has 13 heteroatoms. The van der Waals surface area contributed by atoms with Gasteiger partial charge in [-0.25, -0.2) is 13.9 Å². The third-order valence-electron chi connectivity index (χ3n) is 8.23. The van der Waals surface area contributed by atoms with Crippen molar-refractivity contribution in [3.63, 3.8) is 0 Å². The molecule has 2 amide bonds. The molecular weight excluding hydrogens is 603 g/mol. The minimum absolute atomic E-state index is 0.0110. The van der Waals surface area contributed by atoms with E-state index in [-0.39, 0.29) is 53.2 Å². The van der Waals surface area contributed by atoms with Crippen molar-refractivity contribution in [1.82, 2.24) is 24.8 Å². The number of halogens is 2. The van der Waals surface area contributed by atoms with Crippen LogP contribution in [0.1, 0.15) is 43.6 Å². The first-order chi connectivity index (χ1) is 21.6. The average Bonchev–Trinajstić information content (AvgIpc) is 3.53. The summed E-state index contributed by atoms with van der Waals surface area (Å²) in [5.41, 5.74) is 2.97. The van der Waals surface area contributed by atoms with E-state index in [1.165, 1.54) is 35.4 Å². The van der Waals surface area contributed by atoms with Crippen LogP contribution in [0.5, 0.6) is 0 Å². The lowest BCUT2D eigenvalue weighted by Gasteiger charge is -2.40. The summed E-state index contributed by atoms with van der Waals surface area (Å²) >= 11 is 5.93. The molecule has 2 aliphatic rings. The quantitative estimate of drug-likeness (QED) is 0.328. The van der Waals surface area contributed by atoms with Crippen LogP contribution < -0.4 is 4.90 Å². The number of anilines is 1. The zero-order valence-electron chi connectivity index (χ0n) is 24.2. The fourth-order valence-corrected chi connectivity index (χ4v) is 6.00. The minimum Gasteiger partial charge on any atom is -0.478 e. The molecule has 11 nitrogen and oxygen atoms in total. The number of carbonyl (C=O) groups excluding carboxylic acids is 3. The first-order valence-corrected chi connectivity index (χ1v) is 14.6. The molecule has 6 rings (SSSR count). The minimum atomic E-state index is -1.08. The fourth-order valence-electron chi connectivity index (χ4n) is 5.84. The number of carboxylic acids is 1. The Morgan fingerprint density at radius 1 is 1.00 bits per heavy atom. The highest BCUT2D eigenvalue weighted by Gasteiger charge is 2.39. The van der Waals surface area contributed by atoms with E-state index in [1.807, 2.05) is 23.1 Å². The van der Waals surface area contributed by atoms with Crippen molar-refractivity contribution in [3.05, 3.63) is 106 Å². The molecule has 1 fully saturated rings. The summed E-state index contributed by atoms with van der Waals surface area (Å²) in [6, 6.07) is 15.0. The monoisotopic (exact) mass is 630 g/mol. The summed E-state index contributed by atoms with van der Waals surface area (Å²) < 4.78 is 15.8. The van der Waals surface area contributed by atoms with Gasteiger partial charge in [0, 0.05) is 38.8 Å². The number of Topliss-reactive ketones (excluding diaryl/α,β-unsaturated/α-hetero) is 1. The Kier molecular flexibility index (Phi) is 8.07. The number of hydrogen-bond donors (Lipinski definition) is 1. The number of aromatic carboxylic acids is 1. The van der Waals surface area contributed by atoms with Gasteiger partial charge in [0.05, 0.1) is 23.3 Å². The van der Waals surface area contributed by atoms with E-state index in [1.54, 1.807) is 30.1 Å². The molecule has 0 aliphatic carbocycles. The summed E-state index contributed by atoms with van der Waals surface area (Å²) in [6.45, 7) is 1.56. The molecule has 1 N–H and O–H groups in total. The number of ketones is 1. The second-order valence-electron chi connectivity index (χ2n) is 11.0. The number of nitrogens with zero attached hydrogens (tertiary/aromatic N) is 6. The Hall–Kier alpha value is -5.10. The molecule has 0 spiro atoms. The van der Waals surface area contributed by atoms with Crippen molar-refractivity contribution in [3.8, 4) is 5.69 Å². The molecule has 4 aromatic rings. The van der Waals surface area contributed by atoms with Gasteiger partial charge < -0.3 is 19.8 Å². The topological polar surface area (TPSA) is 129 Å². The van der Waals surface area contributed by atoms with Gasteiger partial charge in [-0.1, -0.05) is 47.1 Å². The van der Waals surface area contributed by atoms with Crippen molar-refractivity contribution < 1.29 is 28.7 Å². The lowest BCUT2D eigenvalue weighted by atomic mass is 9.86. The molecule has 3 heterocycles. The molecule has 1 atom stereocenters. The van der Waals surface area contributed by atoms with Crippen LogP contribution in [0.3, 0.4) is 0 Å². The lowest BCUT2D eigenvalue weighted by Crippen LogP contribution is -2.49. The highest BCUT2D eigenvalue weighted by atomic mass is 35.5. The molecule has 45 heavy (non-hydrogen) atoms. The van der Waals surface area contributed by atoms with Crippen molar-refractivity contribution in [1.29, 1.82) is 0 Å². The Balaban J connectivity index is 1.36. The van der Waals surface area contributed by atoms with E-state index >= 15 is 0 Å². The number of rotatable bonds is 7. The molecule has 0 unspecified atom stereocenters. The summed E-state index contributed by atoms with van der Waals surface area (Å²) in [6.07, 6.45) is 1.66. The van der Waals surface area contributed by atoms with Crippen LogP contribution in [-0.4, -0.2) is 86.7 Å². The SMILES string of the molecule is CN1CCN(c2cccc3c2CCN(C(=O)c2cn(-c4cccc(Cl)c4F)nn2)[C@@H]3C(=O)Cc2ccc(C(=O)O)cc2)CC1=O. The van der Waals surface area contributed by atoms with E-state index in [4.69, 9.17) is 11.6 Å². The van der Waals surface area contributed by atoms with Crippen LogP contribution in [0.15, 0.2) is 66.9 Å². The number of likely N-dealkylation sites (N-methyl/N-ethyl adjacent to an activating group) is 1. The van der Waals surface area contributed by atoms with Gasteiger partial charge in [-0.2, -0.15) is 0 Å². The van der Waals surface area contributed by atoms with Crippen LogP contribution in [0.4, 0.5) is 10.1 Å². The van der Waals surface area contributed by atoms with Crippen LogP contribution in [-0.2, 0) is 22.4 Å². The number of carbonyl (C=O) groups is 4. The van der Waals surface area contributed by atoms with Gasteiger partial charge in [0.15, 0.2) is 17.3 Å². The number of hydrogen-bond acceptors (Lipinski definition) is 7. The van der Waals surface area contributed by atoms with Crippen LogP contribution >= 0.6 is 11.6 Å². The van der Waals surface area contributed by atoms with E-state index in [0.717, 1.165) is 15.9 Å². The van der Waals surface area contributed by atoms with Crippen molar-refractivity contribution >= 4 is 40.9 Å². The number of carboxylic acid groups (broad SMARTS) is 1. The molecule has 230 valence electrons. The van der Waals surface area contributed by atoms with Gasteiger partial charge in [0.2, 0.25) is 5.91 Å². The molecule has 0 saturated carbocycles. The van der Waals surface area contributed by atoms with Gasteiger partial charge in [-0.3, -0.25) is 14.4 Å². The normalized spacial score (nSPS) is 16.5. The van der Waals surface area contributed by atoms with Gasteiger partial charge in [-0.15, -0.1) is 5.10 Å². The van der Waals surface area contributed by atoms with Gasteiger partial charge in [-0.05, 0) is 53.4 Å². The Morgan fingerprint density at radius 2 is 1.73 bits per heavy atom. The van der Waals surface area contributed by atoms with Gasteiger partial charge in [0.25, 0.3) is 5.91 Å². The summed E-state index contributed by atoms with van der Waals surface area (Å²) in [5, 5.41) is 17.1. The van der Waals surface area contributed by atoms with Crippen molar-refractivity contribution in [2.75, 3.05) is 38.1 Å². The highest BCUT2D eigenvalue weighted by molar-refractivity contribution is 6.30. The van der Waals surface area contributed by atoms with Crippen LogP contribution in [0.25, 0.3) is 5.69 Å². The molecule has 3 aromatic carbocycles. The zero-order valence-corrected chi connectivity index (χ0v) is 24.9. The number of aromatic nitrogens is 3. The third-order valence-corrected chi connectivity index (χ3v) is 8.52. The molecule has 2 aliphatic heterocycles. The molecule has 1 aromatic heterocycles. The maximum absolute atomic E-state index is 14.7. The van der Waals surface area contributed by atoms with E-state index in [9.17, 15) is 28.7 Å². The maximum atomic E-state index is 14.7. The second kappa shape index (κ2) is 12.1. The first kappa shape index (κ1) is 29.9. The predicted octanol–water partition coefficient (Wildman–Crippen LogP) is 3.59. The van der Waals surface area contributed by atoms with Gasteiger partial charge in [0.1, 0.15) is 11.7 Å². The molecular formula is C32H28ClFN6O5. The molecule has 1 saturated heterocycles. The highest BCUT2D eigenvalue weighted by Crippen LogP contribution is 2.38. The standard InChI is InChI=1S/C32H28ClFN6O5/c1-37-14-15-38(18-28(37)42)25-6-2-4-22-21(25)12-13-39(30(22)27(41)16-19-8-10-20(11-9-19)32(44)45)31(43)24-17-40(36-35-24)26-7-3-5-23(33)29(26)34/h2-11,17,30H,12-16,18H2,1H3,(H,44,45)/t30-/m0/s1. The Labute approximate surface area is 262 Å². The number of piperazine rings is 1. The van der Waals surface area contributed by atoms with E-state index in [2.05, 4.69) is 10.3 Å². The van der Waals surface area contributed by atoms with Crippen molar-refractivity contribution in [2.45, 2.75) is 18.9 Å². The predicted molar refractivity (Wildman–Crippen MR) is 162 cm³/mol. The average molecular weight is 631 g/mol. The van der Waals surface area contributed by atoms with Crippen molar-refractivity contribution in [2.24, 2.45) is 0 Å².